The highest BCUT2D eigenvalue weighted by Gasteiger charge is 2.55. The minimum absolute atomic E-state index is 0.159. The van der Waals surface area contributed by atoms with Gasteiger partial charge in [0.2, 0.25) is 5.91 Å². The number of hydrogen-bond acceptors (Lipinski definition) is 2. The topological polar surface area (TPSA) is 46.3 Å². The van der Waals surface area contributed by atoms with Crippen LogP contribution in [-0.4, -0.2) is 30.4 Å². The molecule has 4 saturated carbocycles. The fourth-order valence-electron chi connectivity index (χ4n) is 6.29. The third-order valence-electron chi connectivity index (χ3n) is 6.67. The molecule has 1 unspecified atom stereocenters. The van der Waals surface area contributed by atoms with Gasteiger partial charge in [-0.25, -0.2) is 0 Å². The normalized spacial score (nSPS) is 47.9. The lowest BCUT2D eigenvalue weighted by Gasteiger charge is -2.59. The van der Waals surface area contributed by atoms with Gasteiger partial charge in [-0.1, -0.05) is 0 Å². The van der Waals surface area contributed by atoms with Crippen molar-refractivity contribution >= 4 is 5.91 Å². The number of likely N-dealkylation sites (tertiary alicyclic amines) is 1. The van der Waals surface area contributed by atoms with E-state index in [2.05, 4.69) is 0 Å². The number of amides is 1. The second-order valence-electron chi connectivity index (χ2n) is 7.81. The van der Waals surface area contributed by atoms with Crippen LogP contribution in [0.1, 0.15) is 44.9 Å². The van der Waals surface area contributed by atoms with Crippen LogP contribution in [0.5, 0.6) is 0 Å². The monoisotopic (exact) mass is 262 g/mol. The second kappa shape index (κ2) is 4.21. The molecule has 3 nitrogen and oxygen atoms in total. The lowest BCUT2D eigenvalue weighted by Crippen LogP contribution is -2.50. The van der Waals surface area contributed by atoms with E-state index in [1.54, 1.807) is 0 Å². The van der Waals surface area contributed by atoms with Crippen molar-refractivity contribution in [2.45, 2.75) is 44.9 Å². The standard InChI is InChI=1S/C16H26N2O/c17-9-15(19)18-2-1-14(10-18)16-6-11-3-12(7-16)5-13(4-11)8-16/h11-14H,1-10,17H2. The minimum atomic E-state index is 0.159. The van der Waals surface area contributed by atoms with Crippen molar-refractivity contribution in [3.8, 4) is 0 Å². The zero-order valence-corrected chi connectivity index (χ0v) is 11.8. The van der Waals surface area contributed by atoms with Gasteiger partial charge in [0.15, 0.2) is 0 Å². The molecule has 4 aliphatic carbocycles. The Morgan fingerprint density at radius 3 is 2.21 bits per heavy atom. The Hall–Kier alpha value is -0.570. The summed E-state index contributed by atoms with van der Waals surface area (Å²) in [4.78, 5) is 13.8. The quantitative estimate of drug-likeness (QED) is 0.827. The van der Waals surface area contributed by atoms with Crippen LogP contribution < -0.4 is 5.73 Å². The maximum Gasteiger partial charge on any atom is 0.236 e. The van der Waals surface area contributed by atoms with Crippen LogP contribution in [0.15, 0.2) is 0 Å². The van der Waals surface area contributed by atoms with Gasteiger partial charge < -0.3 is 10.6 Å². The summed E-state index contributed by atoms with van der Waals surface area (Å²) < 4.78 is 0. The molecule has 3 heteroatoms. The molecule has 5 rings (SSSR count). The third-order valence-corrected chi connectivity index (χ3v) is 6.67. The van der Waals surface area contributed by atoms with Gasteiger partial charge >= 0.3 is 0 Å². The number of carbonyl (C=O) groups is 1. The second-order valence-corrected chi connectivity index (χ2v) is 7.81. The van der Waals surface area contributed by atoms with Gasteiger partial charge in [-0.2, -0.15) is 0 Å². The van der Waals surface area contributed by atoms with E-state index in [-0.39, 0.29) is 12.5 Å². The Labute approximate surface area is 115 Å². The summed E-state index contributed by atoms with van der Waals surface area (Å²) in [5.74, 6) is 3.99. The zero-order valence-electron chi connectivity index (χ0n) is 11.8. The van der Waals surface area contributed by atoms with Crippen molar-refractivity contribution in [2.24, 2.45) is 34.8 Å². The maximum absolute atomic E-state index is 11.8. The lowest BCUT2D eigenvalue weighted by molar-refractivity contribution is -0.129. The number of hydrogen-bond donors (Lipinski definition) is 1. The fourth-order valence-corrected chi connectivity index (χ4v) is 6.29. The molecule has 19 heavy (non-hydrogen) atoms. The lowest BCUT2D eigenvalue weighted by atomic mass is 9.46. The largest absolute Gasteiger partial charge is 0.341 e. The van der Waals surface area contributed by atoms with E-state index in [1.807, 2.05) is 4.90 Å². The van der Waals surface area contributed by atoms with E-state index in [1.165, 1.54) is 44.9 Å². The van der Waals surface area contributed by atoms with Crippen molar-refractivity contribution in [1.82, 2.24) is 4.90 Å². The summed E-state index contributed by atoms with van der Waals surface area (Å²) in [6.45, 7) is 2.15. The van der Waals surface area contributed by atoms with Crippen LogP contribution in [-0.2, 0) is 4.79 Å². The summed E-state index contributed by atoms with van der Waals surface area (Å²) in [5, 5.41) is 0. The molecule has 0 radical (unpaired) electrons. The highest BCUT2D eigenvalue weighted by molar-refractivity contribution is 5.78. The Bertz CT molecular complexity index is 357. The summed E-state index contributed by atoms with van der Waals surface area (Å²) in [6.07, 6.45) is 10.2. The van der Waals surface area contributed by atoms with E-state index < -0.39 is 0 Å². The van der Waals surface area contributed by atoms with Gasteiger partial charge in [0, 0.05) is 13.1 Å². The summed E-state index contributed by atoms with van der Waals surface area (Å²) >= 11 is 0. The van der Waals surface area contributed by atoms with Gasteiger partial charge in [-0.15, -0.1) is 0 Å². The van der Waals surface area contributed by atoms with E-state index in [0.29, 0.717) is 5.41 Å². The van der Waals surface area contributed by atoms with Crippen molar-refractivity contribution in [2.75, 3.05) is 19.6 Å². The molecule has 1 amide bonds. The molecule has 0 aromatic heterocycles. The molecule has 1 heterocycles. The molecule has 1 atom stereocenters. The molecule has 4 bridgehead atoms. The van der Waals surface area contributed by atoms with E-state index in [9.17, 15) is 4.79 Å². The number of rotatable bonds is 2. The van der Waals surface area contributed by atoms with Crippen LogP contribution in [0, 0.1) is 29.1 Å². The van der Waals surface area contributed by atoms with Gasteiger partial charge in [-0.05, 0) is 74.0 Å². The number of nitrogens with zero attached hydrogens (tertiary/aromatic N) is 1. The maximum atomic E-state index is 11.8. The fraction of sp³-hybridized carbons (Fsp3) is 0.938. The number of nitrogens with two attached hydrogens (primary N) is 1. The molecule has 5 aliphatic rings. The minimum Gasteiger partial charge on any atom is -0.341 e. The van der Waals surface area contributed by atoms with Crippen molar-refractivity contribution in [3.63, 3.8) is 0 Å². The first-order valence-corrected chi connectivity index (χ1v) is 8.16. The Balaban J connectivity index is 1.52. The average molecular weight is 262 g/mol. The van der Waals surface area contributed by atoms with Crippen molar-refractivity contribution < 1.29 is 4.79 Å². The SMILES string of the molecule is NCC(=O)N1CCC(C23CC4CC(CC(C4)C2)C3)C1. The van der Waals surface area contributed by atoms with Crippen LogP contribution in [0.4, 0.5) is 0 Å². The molecule has 2 N–H and O–H groups in total. The van der Waals surface area contributed by atoms with Gasteiger partial charge in [0.05, 0.1) is 6.54 Å². The predicted molar refractivity (Wildman–Crippen MR) is 74.3 cm³/mol. The molecule has 0 aromatic rings. The van der Waals surface area contributed by atoms with E-state index >= 15 is 0 Å². The first-order valence-electron chi connectivity index (χ1n) is 8.16. The van der Waals surface area contributed by atoms with Crippen LogP contribution in [0.25, 0.3) is 0 Å². The van der Waals surface area contributed by atoms with Gasteiger partial charge in [0.1, 0.15) is 0 Å². The summed E-state index contributed by atoms with van der Waals surface area (Å²) in [5.41, 5.74) is 6.12. The Kier molecular flexibility index (Phi) is 2.70. The van der Waals surface area contributed by atoms with Gasteiger partial charge in [-0.3, -0.25) is 4.79 Å². The van der Waals surface area contributed by atoms with Crippen molar-refractivity contribution in [3.05, 3.63) is 0 Å². The molecule has 1 aliphatic heterocycles. The summed E-state index contributed by atoms with van der Waals surface area (Å²) in [7, 11) is 0. The van der Waals surface area contributed by atoms with E-state index in [0.717, 1.165) is 36.8 Å². The Morgan fingerprint density at radius 2 is 1.68 bits per heavy atom. The van der Waals surface area contributed by atoms with Crippen LogP contribution in [0.3, 0.4) is 0 Å². The van der Waals surface area contributed by atoms with Crippen LogP contribution in [0.2, 0.25) is 0 Å². The van der Waals surface area contributed by atoms with Crippen molar-refractivity contribution in [1.29, 1.82) is 0 Å². The van der Waals surface area contributed by atoms with E-state index in [4.69, 9.17) is 5.73 Å². The molecule has 1 saturated heterocycles. The molecular formula is C16H26N2O. The smallest absolute Gasteiger partial charge is 0.236 e. The molecule has 0 aromatic carbocycles. The third kappa shape index (κ3) is 1.84. The first-order chi connectivity index (χ1) is 9.18. The molecular weight excluding hydrogens is 236 g/mol. The average Bonchev–Trinajstić information content (AvgIpc) is 2.86. The highest BCUT2D eigenvalue weighted by Crippen LogP contribution is 2.63. The summed E-state index contributed by atoms with van der Waals surface area (Å²) in [6, 6.07) is 0. The molecule has 5 fully saturated rings. The molecule has 106 valence electrons. The predicted octanol–water partition coefficient (Wildman–Crippen LogP) is 2.01. The molecule has 0 spiro atoms. The highest BCUT2D eigenvalue weighted by atomic mass is 16.2. The van der Waals surface area contributed by atoms with Crippen LogP contribution >= 0.6 is 0 Å². The Morgan fingerprint density at radius 1 is 1.11 bits per heavy atom. The first kappa shape index (κ1) is 12.2. The number of carbonyl (C=O) groups excluding carboxylic acids is 1. The van der Waals surface area contributed by atoms with Gasteiger partial charge in [0.25, 0.3) is 0 Å². The zero-order chi connectivity index (χ0) is 13.0.